The standard InChI is InChI=1S/C38H33N3S/c1-23-20-24(2)36(25(3)21-23)27-15-18-34(42)37-28(27)14-17-31(40-37)26-13-16-30-33(22-26)41(35-12-8-9-19-39-35)32-11-7-6-10-29(32)38(30,4)5/h6-22,42H,1-5H3. The van der Waals surface area contributed by atoms with Crippen molar-refractivity contribution in [1.82, 2.24) is 9.97 Å². The van der Waals surface area contributed by atoms with E-state index in [2.05, 4.69) is 124 Å². The number of nitrogens with zero attached hydrogens (tertiary/aromatic N) is 3. The van der Waals surface area contributed by atoms with E-state index in [9.17, 15) is 0 Å². The summed E-state index contributed by atoms with van der Waals surface area (Å²) in [6.45, 7) is 11.1. The van der Waals surface area contributed by atoms with Crippen molar-refractivity contribution in [2.24, 2.45) is 0 Å². The first-order valence-corrected chi connectivity index (χ1v) is 14.9. The molecular formula is C38H33N3S. The number of pyridine rings is 2. The molecule has 3 heterocycles. The van der Waals surface area contributed by atoms with Crippen molar-refractivity contribution >= 4 is 40.7 Å². The fourth-order valence-electron chi connectivity index (χ4n) is 6.80. The summed E-state index contributed by atoms with van der Waals surface area (Å²) < 4.78 is 0. The lowest BCUT2D eigenvalue weighted by atomic mass is 9.73. The molecule has 3 nitrogen and oxygen atoms in total. The van der Waals surface area contributed by atoms with Crippen LogP contribution in [-0.4, -0.2) is 9.97 Å². The molecule has 0 saturated heterocycles. The molecule has 1 aliphatic heterocycles. The highest BCUT2D eigenvalue weighted by molar-refractivity contribution is 7.80. The van der Waals surface area contributed by atoms with Crippen molar-refractivity contribution in [1.29, 1.82) is 0 Å². The van der Waals surface area contributed by atoms with E-state index in [1.807, 2.05) is 18.3 Å². The molecule has 0 amide bonds. The van der Waals surface area contributed by atoms with Crippen molar-refractivity contribution < 1.29 is 0 Å². The van der Waals surface area contributed by atoms with Gasteiger partial charge in [0.2, 0.25) is 0 Å². The van der Waals surface area contributed by atoms with Gasteiger partial charge in [-0.3, -0.25) is 4.90 Å². The minimum absolute atomic E-state index is 0.163. The van der Waals surface area contributed by atoms with Gasteiger partial charge < -0.3 is 0 Å². The number of anilines is 3. The van der Waals surface area contributed by atoms with E-state index in [-0.39, 0.29) is 5.41 Å². The van der Waals surface area contributed by atoms with E-state index < -0.39 is 0 Å². The van der Waals surface area contributed by atoms with E-state index in [0.29, 0.717) is 0 Å². The van der Waals surface area contributed by atoms with Gasteiger partial charge in [-0.25, -0.2) is 9.97 Å². The van der Waals surface area contributed by atoms with Crippen LogP contribution in [0.2, 0.25) is 0 Å². The Hall–Kier alpha value is -4.41. The van der Waals surface area contributed by atoms with Crippen molar-refractivity contribution in [3.8, 4) is 22.4 Å². The average Bonchev–Trinajstić information content (AvgIpc) is 2.98. The monoisotopic (exact) mass is 563 g/mol. The van der Waals surface area contributed by atoms with Gasteiger partial charge in [-0.1, -0.05) is 74.0 Å². The van der Waals surface area contributed by atoms with E-state index in [4.69, 9.17) is 22.6 Å². The van der Waals surface area contributed by atoms with Gasteiger partial charge in [0.25, 0.3) is 0 Å². The van der Waals surface area contributed by atoms with Crippen LogP contribution in [-0.2, 0) is 5.41 Å². The first-order chi connectivity index (χ1) is 20.2. The summed E-state index contributed by atoms with van der Waals surface area (Å²) in [7, 11) is 0. The second kappa shape index (κ2) is 9.85. The van der Waals surface area contributed by atoms with Crippen molar-refractivity contribution in [3.05, 3.63) is 131 Å². The molecule has 206 valence electrons. The van der Waals surface area contributed by atoms with Crippen LogP contribution in [0.5, 0.6) is 0 Å². The summed E-state index contributed by atoms with van der Waals surface area (Å²) in [5.41, 5.74) is 13.9. The lowest BCUT2D eigenvalue weighted by Crippen LogP contribution is -2.30. The zero-order valence-electron chi connectivity index (χ0n) is 24.6. The van der Waals surface area contributed by atoms with Gasteiger partial charge in [-0.05, 0) is 96.6 Å². The summed E-state index contributed by atoms with van der Waals surface area (Å²) in [6.07, 6.45) is 1.86. The molecule has 6 aromatic rings. The van der Waals surface area contributed by atoms with Crippen molar-refractivity contribution in [2.45, 2.75) is 44.9 Å². The fraction of sp³-hybridized carbons (Fsp3) is 0.158. The van der Waals surface area contributed by atoms with Crippen LogP contribution in [0.4, 0.5) is 17.2 Å². The number of hydrogen-bond donors (Lipinski definition) is 1. The topological polar surface area (TPSA) is 29.0 Å². The Kier molecular flexibility index (Phi) is 6.21. The van der Waals surface area contributed by atoms with Crippen LogP contribution in [0.25, 0.3) is 33.3 Å². The van der Waals surface area contributed by atoms with E-state index in [1.54, 1.807) is 0 Å². The molecule has 0 unspecified atom stereocenters. The number of benzene rings is 4. The van der Waals surface area contributed by atoms with Gasteiger partial charge in [0, 0.05) is 27.5 Å². The summed E-state index contributed by atoms with van der Waals surface area (Å²) in [4.78, 5) is 13.1. The molecule has 0 N–H and O–H groups in total. The third-order valence-electron chi connectivity index (χ3n) is 8.69. The molecule has 0 fully saturated rings. The van der Waals surface area contributed by atoms with E-state index in [0.717, 1.165) is 44.2 Å². The lowest BCUT2D eigenvalue weighted by molar-refractivity contribution is 0.631. The van der Waals surface area contributed by atoms with Gasteiger partial charge in [0.15, 0.2) is 0 Å². The summed E-state index contributed by atoms with van der Waals surface area (Å²) in [6, 6.07) is 34.6. The second-order valence-corrected chi connectivity index (χ2v) is 12.4. The molecule has 2 aromatic heterocycles. The number of aromatic nitrogens is 2. The van der Waals surface area contributed by atoms with Crippen LogP contribution in [0, 0.1) is 20.8 Å². The van der Waals surface area contributed by atoms with Gasteiger partial charge in [0.05, 0.1) is 22.6 Å². The smallest absolute Gasteiger partial charge is 0.137 e. The largest absolute Gasteiger partial charge is 0.294 e. The number of rotatable bonds is 3. The maximum Gasteiger partial charge on any atom is 0.137 e. The molecule has 4 heteroatoms. The first kappa shape index (κ1) is 26.5. The maximum absolute atomic E-state index is 5.22. The normalized spacial score (nSPS) is 13.6. The Morgan fingerprint density at radius 3 is 2.21 bits per heavy atom. The van der Waals surface area contributed by atoms with E-state index >= 15 is 0 Å². The molecule has 0 atom stereocenters. The Balaban J connectivity index is 1.41. The summed E-state index contributed by atoms with van der Waals surface area (Å²) in [5, 5.41) is 1.12. The molecular weight excluding hydrogens is 531 g/mol. The molecule has 0 spiro atoms. The second-order valence-electron chi connectivity index (χ2n) is 11.9. The maximum atomic E-state index is 5.22. The van der Waals surface area contributed by atoms with Gasteiger partial charge >= 0.3 is 0 Å². The van der Waals surface area contributed by atoms with Crippen LogP contribution in [0.15, 0.2) is 108 Å². The van der Waals surface area contributed by atoms with Crippen molar-refractivity contribution in [2.75, 3.05) is 4.90 Å². The molecule has 4 aromatic carbocycles. The number of aryl methyl sites for hydroxylation is 3. The SMILES string of the molecule is Cc1cc(C)c(-c2ccc(S)c3nc(-c4ccc5c(c4)N(c4ccccn4)c4ccccc4C5(C)C)ccc23)c(C)c1. The number of thiol groups is 1. The quantitative estimate of drug-likeness (QED) is 0.217. The van der Waals surface area contributed by atoms with Gasteiger partial charge in [-0.2, -0.15) is 0 Å². The summed E-state index contributed by atoms with van der Waals surface area (Å²) >= 11 is 4.85. The third kappa shape index (κ3) is 4.13. The minimum atomic E-state index is -0.163. The predicted octanol–water partition coefficient (Wildman–Crippen LogP) is 10.3. The number of hydrogen-bond acceptors (Lipinski definition) is 4. The summed E-state index contributed by atoms with van der Waals surface area (Å²) in [5.74, 6) is 0.899. The minimum Gasteiger partial charge on any atom is -0.294 e. The highest BCUT2D eigenvalue weighted by atomic mass is 32.1. The number of fused-ring (bicyclic) bond motifs is 3. The Morgan fingerprint density at radius 1 is 0.714 bits per heavy atom. The molecule has 42 heavy (non-hydrogen) atoms. The van der Waals surface area contributed by atoms with Crippen LogP contribution in [0.1, 0.15) is 41.7 Å². The fourth-order valence-corrected chi connectivity index (χ4v) is 7.04. The highest BCUT2D eigenvalue weighted by Gasteiger charge is 2.37. The van der Waals surface area contributed by atoms with Crippen LogP contribution < -0.4 is 4.90 Å². The molecule has 0 aliphatic carbocycles. The van der Waals surface area contributed by atoms with Gasteiger partial charge in [-0.15, -0.1) is 12.6 Å². The molecule has 0 saturated carbocycles. The zero-order valence-corrected chi connectivity index (χ0v) is 25.5. The molecule has 0 bridgehead atoms. The van der Waals surface area contributed by atoms with Crippen LogP contribution >= 0.6 is 12.6 Å². The molecule has 0 radical (unpaired) electrons. The lowest BCUT2D eigenvalue weighted by Gasteiger charge is -2.41. The Labute approximate surface area is 253 Å². The molecule has 7 rings (SSSR count). The highest BCUT2D eigenvalue weighted by Crippen LogP contribution is 2.52. The Bertz CT molecular complexity index is 1990. The average molecular weight is 564 g/mol. The third-order valence-corrected chi connectivity index (χ3v) is 9.05. The first-order valence-electron chi connectivity index (χ1n) is 14.4. The Morgan fingerprint density at radius 2 is 1.45 bits per heavy atom. The van der Waals surface area contributed by atoms with E-state index in [1.165, 1.54) is 38.9 Å². The van der Waals surface area contributed by atoms with Gasteiger partial charge in [0.1, 0.15) is 5.82 Å². The predicted molar refractivity (Wildman–Crippen MR) is 179 cm³/mol. The van der Waals surface area contributed by atoms with Crippen molar-refractivity contribution in [3.63, 3.8) is 0 Å². The molecule has 1 aliphatic rings. The van der Waals surface area contributed by atoms with Crippen LogP contribution in [0.3, 0.4) is 0 Å². The zero-order chi connectivity index (χ0) is 29.2. The number of para-hydroxylation sites is 1.